The molecule has 1 aliphatic rings. The van der Waals surface area contributed by atoms with E-state index in [2.05, 4.69) is 47.5 Å². The lowest BCUT2D eigenvalue weighted by molar-refractivity contribution is 0.0353. The maximum atomic E-state index is 5.97. The molecule has 0 saturated carbocycles. The highest BCUT2D eigenvalue weighted by Crippen LogP contribution is 2.26. The van der Waals surface area contributed by atoms with Crippen LogP contribution in [0.4, 0.5) is 0 Å². The molecule has 3 atom stereocenters. The predicted molar refractivity (Wildman–Crippen MR) is 74.4 cm³/mol. The normalized spacial score (nSPS) is 29.4. The zero-order valence-corrected chi connectivity index (χ0v) is 11.8. The highest BCUT2D eigenvalue weighted by atomic mass is 32.1. The third kappa shape index (κ3) is 2.71. The zero-order valence-electron chi connectivity index (χ0n) is 11.0. The molecule has 1 aliphatic heterocycles. The average Bonchev–Trinajstić information content (AvgIpc) is 2.80. The van der Waals surface area contributed by atoms with Gasteiger partial charge in [-0.2, -0.15) is 11.3 Å². The van der Waals surface area contributed by atoms with Crippen LogP contribution in [0.25, 0.3) is 0 Å². The first-order chi connectivity index (χ1) is 8.13. The maximum Gasteiger partial charge on any atom is 0.0480 e. The molecule has 0 spiro atoms. The fourth-order valence-electron chi connectivity index (χ4n) is 2.66. The fourth-order valence-corrected chi connectivity index (χ4v) is 3.37. The van der Waals surface area contributed by atoms with Crippen molar-refractivity contribution in [2.45, 2.75) is 32.0 Å². The summed E-state index contributed by atoms with van der Waals surface area (Å²) in [5.74, 6) is 0. The van der Waals surface area contributed by atoms with Crippen molar-refractivity contribution in [1.82, 2.24) is 9.80 Å². The van der Waals surface area contributed by atoms with E-state index in [9.17, 15) is 0 Å². The first kappa shape index (κ1) is 13.0. The van der Waals surface area contributed by atoms with E-state index >= 15 is 0 Å². The topological polar surface area (TPSA) is 32.5 Å². The van der Waals surface area contributed by atoms with Gasteiger partial charge in [-0.15, -0.1) is 0 Å². The van der Waals surface area contributed by atoms with Crippen molar-refractivity contribution < 1.29 is 0 Å². The molecule has 1 saturated heterocycles. The van der Waals surface area contributed by atoms with Crippen LogP contribution < -0.4 is 5.73 Å². The highest BCUT2D eigenvalue weighted by molar-refractivity contribution is 7.07. The van der Waals surface area contributed by atoms with Gasteiger partial charge in [0.2, 0.25) is 0 Å². The van der Waals surface area contributed by atoms with Gasteiger partial charge in [0.15, 0.2) is 0 Å². The van der Waals surface area contributed by atoms with Gasteiger partial charge in [0.05, 0.1) is 0 Å². The Labute approximate surface area is 108 Å². The van der Waals surface area contributed by atoms with Crippen LogP contribution in [0.2, 0.25) is 0 Å². The summed E-state index contributed by atoms with van der Waals surface area (Å²) in [7, 11) is 2.22. The highest BCUT2D eigenvalue weighted by Gasteiger charge is 2.30. The Bertz CT molecular complexity index is 326. The van der Waals surface area contributed by atoms with E-state index in [0.717, 1.165) is 13.1 Å². The molecule has 3 unspecified atom stereocenters. The van der Waals surface area contributed by atoms with Gasteiger partial charge in [0, 0.05) is 37.8 Å². The van der Waals surface area contributed by atoms with Crippen molar-refractivity contribution in [3.63, 3.8) is 0 Å². The van der Waals surface area contributed by atoms with Crippen molar-refractivity contribution in [3.8, 4) is 0 Å². The van der Waals surface area contributed by atoms with Gasteiger partial charge >= 0.3 is 0 Å². The summed E-state index contributed by atoms with van der Waals surface area (Å²) in [6.07, 6.45) is 0. The Morgan fingerprint density at radius 3 is 2.53 bits per heavy atom. The molecule has 1 aromatic heterocycles. The van der Waals surface area contributed by atoms with E-state index in [1.54, 1.807) is 11.3 Å². The first-order valence-electron chi connectivity index (χ1n) is 6.31. The lowest BCUT2D eigenvalue weighted by atomic mass is 10.0. The van der Waals surface area contributed by atoms with Crippen LogP contribution in [0.5, 0.6) is 0 Å². The van der Waals surface area contributed by atoms with Gasteiger partial charge in [-0.1, -0.05) is 0 Å². The number of rotatable bonds is 3. The lowest BCUT2D eigenvalue weighted by Crippen LogP contribution is -2.56. The summed E-state index contributed by atoms with van der Waals surface area (Å²) in [5, 5.41) is 4.37. The number of nitrogens with zero attached hydrogens (tertiary/aromatic N) is 2. The third-order valence-electron chi connectivity index (χ3n) is 3.98. The molecular formula is C13H23N3S. The lowest BCUT2D eigenvalue weighted by Gasteiger charge is -2.45. The summed E-state index contributed by atoms with van der Waals surface area (Å²) < 4.78 is 0. The van der Waals surface area contributed by atoms with Crippen molar-refractivity contribution in [1.29, 1.82) is 0 Å². The molecule has 1 fully saturated rings. The summed E-state index contributed by atoms with van der Waals surface area (Å²) in [6, 6.07) is 3.80. The van der Waals surface area contributed by atoms with E-state index in [1.165, 1.54) is 5.56 Å². The van der Waals surface area contributed by atoms with Crippen LogP contribution in [0.1, 0.15) is 25.5 Å². The summed E-state index contributed by atoms with van der Waals surface area (Å²) in [6.45, 7) is 7.52. The van der Waals surface area contributed by atoms with Gasteiger partial charge in [-0.25, -0.2) is 0 Å². The van der Waals surface area contributed by atoms with Crippen LogP contribution in [-0.4, -0.2) is 48.6 Å². The first-order valence-corrected chi connectivity index (χ1v) is 7.26. The SMILES string of the molecule is CC1CN(C(CN)c2ccsc2)CC(C)N1C. The number of hydrogen-bond donors (Lipinski definition) is 1. The summed E-state index contributed by atoms with van der Waals surface area (Å²) in [4.78, 5) is 5.00. The Kier molecular flexibility index (Phi) is 4.20. The van der Waals surface area contributed by atoms with Crippen LogP contribution in [0.3, 0.4) is 0 Å². The third-order valence-corrected chi connectivity index (χ3v) is 4.68. The molecule has 17 heavy (non-hydrogen) atoms. The van der Waals surface area contributed by atoms with Crippen molar-refractivity contribution >= 4 is 11.3 Å². The molecule has 2 N–H and O–H groups in total. The molecule has 96 valence electrons. The minimum absolute atomic E-state index is 0.389. The zero-order chi connectivity index (χ0) is 12.4. The number of thiophene rings is 1. The summed E-state index contributed by atoms with van der Waals surface area (Å²) >= 11 is 1.76. The number of nitrogens with two attached hydrogens (primary N) is 1. The molecule has 3 nitrogen and oxygen atoms in total. The smallest absolute Gasteiger partial charge is 0.0480 e. The van der Waals surface area contributed by atoms with E-state index in [0.29, 0.717) is 24.7 Å². The van der Waals surface area contributed by atoms with E-state index in [1.807, 2.05) is 0 Å². The average molecular weight is 253 g/mol. The molecule has 1 aromatic rings. The summed E-state index contributed by atoms with van der Waals surface area (Å²) in [5.41, 5.74) is 7.35. The van der Waals surface area contributed by atoms with Crippen LogP contribution >= 0.6 is 11.3 Å². The van der Waals surface area contributed by atoms with Crippen molar-refractivity contribution in [3.05, 3.63) is 22.4 Å². The van der Waals surface area contributed by atoms with Gasteiger partial charge in [0.25, 0.3) is 0 Å². The number of hydrogen-bond acceptors (Lipinski definition) is 4. The van der Waals surface area contributed by atoms with E-state index in [4.69, 9.17) is 5.73 Å². The van der Waals surface area contributed by atoms with Gasteiger partial charge in [-0.3, -0.25) is 9.80 Å². The molecule has 0 bridgehead atoms. The van der Waals surface area contributed by atoms with E-state index < -0.39 is 0 Å². The minimum atomic E-state index is 0.389. The molecular weight excluding hydrogens is 230 g/mol. The molecule has 2 heterocycles. The molecule has 2 rings (SSSR count). The Balaban J connectivity index is 2.11. The van der Waals surface area contributed by atoms with Crippen LogP contribution in [-0.2, 0) is 0 Å². The maximum absolute atomic E-state index is 5.97. The second-order valence-electron chi connectivity index (χ2n) is 5.13. The van der Waals surface area contributed by atoms with Gasteiger partial charge in [0.1, 0.15) is 0 Å². The molecule has 0 aliphatic carbocycles. The quantitative estimate of drug-likeness (QED) is 0.891. The largest absolute Gasteiger partial charge is 0.329 e. The van der Waals surface area contributed by atoms with E-state index in [-0.39, 0.29) is 0 Å². The molecule has 0 amide bonds. The van der Waals surface area contributed by atoms with Crippen molar-refractivity contribution in [2.24, 2.45) is 5.73 Å². The monoisotopic (exact) mass is 253 g/mol. The minimum Gasteiger partial charge on any atom is -0.329 e. The fraction of sp³-hybridized carbons (Fsp3) is 0.692. The Hall–Kier alpha value is -0.420. The van der Waals surface area contributed by atoms with Gasteiger partial charge < -0.3 is 5.73 Å². The molecule has 4 heteroatoms. The van der Waals surface area contributed by atoms with Crippen LogP contribution in [0.15, 0.2) is 16.8 Å². The second kappa shape index (κ2) is 5.48. The second-order valence-corrected chi connectivity index (χ2v) is 5.91. The standard InChI is InChI=1S/C13H23N3S/c1-10-7-16(8-11(2)15(10)3)13(6-14)12-4-5-17-9-12/h4-5,9-11,13H,6-8,14H2,1-3H3. The predicted octanol–water partition coefficient (Wildman–Crippen LogP) is 1.77. The van der Waals surface area contributed by atoms with Crippen LogP contribution in [0, 0.1) is 0 Å². The number of likely N-dealkylation sites (N-methyl/N-ethyl adjacent to an activating group) is 1. The Morgan fingerprint density at radius 2 is 2.06 bits per heavy atom. The number of piperazine rings is 1. The van der Waals surface area contributed by atoms with Gasteiger partial charge in [-0.05, 0) is 43.3 Å². The molecule has 0 radical (unpaired) electrons. The molecule has 0 aromatic carbocycles. The van der Waals surface area contributed by atoms with Crippen molar-refractivity contribution in [2.75, 3.05) is 26.7 Å². The Morgan fingerprint density at radius 1 is 1.41 bits per heavy atom.